The minimum Gasteiger partial charge on any atom is -0.385 e. The number of hydrogen-bond acceptors (Lipinski definition) is 4. The van der Waals surface area contributed by atoms with Gasteiger partial charge in [0.05, 0.1) is 11.1 Å². The van der Waals surface area contributed by atoms with Gasteiger partial charge in [-0.25, -0.2) is 8.42 Å². The topological polar surface area (TPSA) is 76.0 Å². The highest BCUT2D eigenvalue weighted by Crippen LogP contribution is 2.29. The molecule has 20 heavy (non-hydrogen) atoms. The van der Waals surface area contributed by atoms with Crippen molar-refractivity contribution in [3.8, 4) is 0 Å². The fourth-order valence-corrected chi connectivity index (χ4v) is 3.78. The van der Waals surface area contributed by atoms with Crippen LogP contribution in [-0.4, -0.2) is 24.7 Å². The summed E-state index contributed by atoms with van der Waals surface area (Å²) < 4.78 is 29.2. The predicted molar refractivity (Wildman–Crippen MR) is 77.3 cm³/mol. The summed E-state index contributed by atoms with van der Waals surface area (Å²) in [7, 11) is -1.90. The van der Waals surface area contributed by atoms with Gasteiger partial charge >= 0.3 is 0 Å². The van der Waals surface area contributed by atoms with Crippen molar-refractivity contribution >= 4 is 21.5 Å². The minimum atomic E-state index is -3.60. The second-order valence-electron chi connectivity index (χ2n) is 4.76. The van der Waals surface area contributed by atoms with E-state index in [1.807, 2.05) is 6.07 Å². The number of hydrogen-bond donors (Lipinski definition) is 2. The molecule has 1 aliphatic heterocycles. The lowest BCUT2D eigenvalue weighted by Crippen LogP contribution is -2.20. The summed E-state index contributed by atoms with van der Waals surface area (Å²) in [5.41, 5.74) is 1.76. The summed E-state index contributed by atoms with van der Waals surface area (Å²) in [5.74, 6) is 0.450. The molecule has 0 saturated carbocycles. The molecule has 1 aromatic carbocycles. The number of aromatic nitrogens is 2. The van der Waals surface area contributed by atoms with Gasteiger partial charge in [0.2, 0.25) is 0 Å². The minimum absolute atomic E-state index is 0.336. The van der Waals surface area contributed by atoms with E-state index in [1.165, 1.54) is 4.68 Å². The predicted octanol–water partition coefficient (Wildman–Crippen LogP) is 1.58. The Balaban J connectivity index is 2.02. The Morgan fingerprint density at radius 2 is 2.20 bits per heavy atom. The first-order valence-corrected chi connectivity index (χ1v) is 7.93. The van der Waals surface area contributed by atoms with E-state index in [9.17, 15) is 8.42 Å². The Bertz CT molecular complexity index is 737. The Morgan fingerprint density at radius 3 is 2.95 bits per heavy atom. The smallest absolute Gasteiger partial charge is 0.263 e. The number of rotatable bonds is 3. The lowest BCUT2D eigenvalue weighted by molar-refractivity contribution is 0.598. The number of benzene rings is 1. The SMILES string of the molecule is Cn1nccc1NS(=O)(=O)c1cccc2c1CCCN2. The van der Waals surface area contributed by atoms with Gasteiger partial charge in [-0.15, -0.1) is 0 Å². The Hall–Kier alpha value is -2.02. The normalized spacial score (nSPS) is 14.4. The number of nitrogens with one attached hydrogen (secondary N) is 2. The zero-order valence-electron chi connectivity index (χ0n) is 11.1. The zero-order valence-corrected chi connectivity index (χ0v) is 11.9. The lowest BCUT2D eigenvalue weighted by Gasteiger charge is -2.21. The Morgan fingerprint density at radius 1 is 1.35 bits per heavy atom. The quantitative estimate of drug-likeness (QED) is 0.900. The van der Waals surface area contributed by atoms with Crippen molar-refractivity contribution in [2.75, 3.05) is 16.6 Å². The van der Waals surface area contributed by atoms with Crippen molar-refractivity contribution in [1.82, 2.24) is 9.78 Å². The van der Waals surface area contributed by atoms with Crippen LogP contribution in [0, 0.1) is 0 Å². The third-order valence-electron chi connectivity index (χ3n) is 3.40. The molecule has 0 amide bonds. The second kappa shape index (κ2) is 4.82. The molecule has 7 heteroatoms. The fourth-order valence-electron chi connectivity index (χ4n) is 2.40. The molecule has 0 atom stereocenters. The third kappa shape index (κ3) is 2.24. The second-order valence-corrected chi connectivity index (χ2v) is 6.41. The molecule has 2 N–H and O–H groups in total. The van der Waals surface area contributed by atoms with Gasteiger partial charge < -0.3 is 5.32 Å². The van der Waals surface area contributed by atoms with Crippen LogP contribution in [0.15, 0.2) is 35.4 Å². The van der Waals surface area contributed by atoms with E-state index in [-0.39, 0.29) is 0 Å². The molecule has 2 heterocycles. The highest BCUT2D eigenvalue weighted by atomic mass is 32.2. The van der Waals surface area contributed by atoms with Gasteiger partial charge in [-0.1, -0.05) is 6.07 Å². The van der Waals surface area contributed by atoms with Crippen LogP contribution in [0.5, 0.6) is 0 Å². The molecular weight excluding hydrogens is 276 g/mol. The average molecular weight is 292 g/mol. The highest BCUT2D eigenvalue weighted by molar-refractivity contribution is 7.92. The largest absolute Gasteiger partial charge is 0.385 e. The Kier molecular flexibility index (Phi) is 3.13. The molecular formula is C13H16N4O2S. The molecule has 3 rings (SSSR count). The first-order chi connectivity index (χ1) is 9.58. The molecule has 1 aromatic heterocycles. The molecule has 0 fully saturated rings. The van der Waals surface area contributed by atoms with E-state index in [4.69, 9.17) is 0 Å². The van der Waals surface area contributed by atoms with Gasteiger partial charge in [-0.3, -0.25) is 9.40 Å². The van der Waals surface area contributed by atoms with Crippen LogP contribution in [0.1, 0.15) is 12.0 Å². The van der Waals surface area contributed by atoms with Gasteiger partial charge in [0.25, 0.3) is 10.0 Å². The van der Waals surface area contributed by atoms with E-state index < -0.39 is 10.0 Å². The molecule has 6 nitrogen and oxygen atoms in total. The lowest BCUT2D eigenvalue weighted by atomic mass is 10.0. The van der Waals surface area contributed by atoms with Gasteiger partial charge in [-0.05, 0) is 30.5 Å². The number of aryl methyl sites for hydroxylation is 1. The van der Waals surface area contributed by atoms with Crippen molar-refractivity contribution in [2.45, 2.75) is 17.7 Å². The number of fused-ring (bicyclic) bond motifs is 1. The number of sulfonamides is 1. The molecule has 0 radical (unpaired) electrons. The van der Waals surface area contributed by atoms with Crippen LogP contribution in [-0.2, 0) is 23.5 Å². The van der Waals surface area contributed by atoms with Crippen molar-refractivity contribution in [3.05, 3.63) is 36.0 Å². The summed E-state index contributed by atoms with van der Waals surface area (Å²) in [6.07, 6.45) is 3.26. The van der Waals surface area contributed by atoms with Gasteiger partial charge in [0.15, 0.2) is 0 Å². The van der Waals surface area contributed by atoms with Crippen LogP contribution in [0.2, 0.25) is 0 Å². The van der Waals surface area contributed by atoms with E-state index in [1.54, 1.807) is 31.4 Å². The molecule has 0 bridgehead atoms. The standard InChI is InChI=1S/C13H16N4O2S/c1-17-13(7-9-15-17)16-20(18,19)12-6-2-5-11-10(12)4-3-8-14-11/h2,5-7,9,14,16H,3-4,8H2,1H3. The van der Waals surface area contributed by atoms with E-state index >= 15 is 0 Å². The molecule has 0 saturated heterocycles. The van der Waals surface area contributed by atoms with Gasteiger partial charge in [0.1, 0.15) is 5.82 Å². The first kappa shape index (κ1) is 13.0. The molecule has 1 aliphatic rings. The fraction of sp³-hybridized carbons (Fsp3) is 0.308. The maximum absolute atomic E-state index is 12.5. The molecule has 0 spiro atoms. The molecule has 2 aromatic rings. The van der Waals surface area contributed by atoms with Crippen LogP contribution < -0.4 is 10.0 Å². The summed E-state index contributed by atoms with van der Waals surface area (Å²) in [5, 5.41) is 7.19. The summed E-state index contributed by atoms with van der Waals surface area (Å²) in [4.78, 5) is 0.336. The monoisotopic (exact) mass is 292 g/mol. The van der Waals surface area contributed by atoms with Crippen molar-refractivity contribution in [2.24, 2.45) is 7.05 Å². The van der Waals surface area contributed by atoms with E-state index in [2.05, 4.69) is 15.1 Å². The number of anilines is 2. The van der Waals surface area contributed by atoms with E-state index in [0.717, 1.165) is 30.6 Å². The Labute approximate surface area is 117 Å². The van der Waals surface area contributed by atoms with Crippen molar-refractivity contribution < 1.29 is 8.42 Å². The van der Waals surface area contributed by atoms with Crippen LogP contribution in [0.4, 0.5) is 11.5 Å². The van der Waals surface area contributed by atoms with Gasteiger partial charge in [-0.2, -0.15) is 5.10 Å². The maximum atomic E-state index is 12.5. The van der Waals surface area contributed by atoms with Gasteiger partial charge in [0, 0.05) is 25.3 Å². The number of nitrogens with zero attached hydrogens (tertiary/aromatic N) is 2. The van der Waals surface area contributed by atoms with Crippen LogP contribution >= 0.6 is 0 Å². The summed E-state index contributed by atoms with van der Waals surface area (Å²) in [6, 6.07) is 6.95. The third-order valence-corrected chi connectivity index (χ3v) is 4.84. The van der Waals surface area contributed by atoms with Crippen molar-refractivity contribution in [1.29, 1.82) is 0 Å². The van der Waals surface area contributed by atoms with Crippen LogP contribution in [0.25, 0.3) is 0 Å². The van der Waals surface area contributed by atoms with Crippen molar-refractivity contribution in [3.63, 3.8) is 0 Å². The van der Waals surface area contributed by atoms with Crippen LogP contribution in [0.3, 0.4) is 0 Å². The summed E-state index contributed by atoms with van der Waals surface area (Å²) >= 11 is 0. The molecule has 106 valence electrons. The molecule has 0 unspecified atom stereocenters. The average Bonchev–Trinajstić information content (AvgIpc) is 2.83. The highest BCUT2D eigenvalue weighted by Gasteiger charge is 2.23. The first-order valence-electron chi connectivity index (χ1n) is 6.44. The zero-order chi connectivity index (χ0) is 14.2. The molecule has 0 aliphatic carbocycles. The summed E-state index contributed by atoms with van der Waals surface area (Å²) in [6.45, 7) is 0.881. The maximum Gasteiger partial charge on any atom is 0.263 e. The van der Waals surface area contributed by atoms with E-state index in [0.29, 0.717) is 10.7 Å².